The first-order valence-corrected chi connectivity index (χ1v) is 14.9. The van der Waals surface area contributed by atoms with Crippen LogP contribution >= 0.6 is 0 Å². The molecule has 1 amide bonds. The van der Waals surface area contributed by atoms with Crippen molar-refractivity contribution in [1.29, 1.82) is 0 Å². The van der Waals surface area contributed by atoms with Gasteiger partial charge in [-0.3, -0.25) is 19.3 Å². The summed E-state index contributed by atoms with van der Waals surface area (Å²) in [5.41, 5.74) is 3.73. The van der Waals surface area contributed by atoms with Gasteiger partial charge in [0.25, 0.3) is 5.91 Å². The van der Waals surface area contributed by atoms with Crippen molar-refractivity contribution in [3.8, 4) is 11.5 Å². The zero-order valence-corrected chi connectivity index (χ0v) is 26.4. The van der Waals surface area contributed by atoms with Crippen LogP contribution in [0.15, 0.2) is 59.1 Å². The van der Waals surface area contributed by atoms with Crippen molar-refractivity contribution in [3.63, 3.8) is 0 Å². The van der Waals surface area contributed by atoms with Crippen molar-refractivity contribution in [2.24, 2.45) is 17.6 Å². The lowest BCUT2D eigenvalue weighted by atomic mass is 9.58. The molecule has 3 aliphatic rings. The number of rotatable bonds is 8. The Morgan fingerprint density at radius 2 is 1.76 bits per heavy atom. The highest BCUT2D eigenvalue weighted by molar-refractivity contribution is 6.24. The van der Waals surface area contributed by atoms with E-state index < -0.39 is 58.0 Å². The maximum atomic E-state index is 14.0. The van der Waals surface area contributed by atoms with Crippen LogP contribution in [0.1, 0.15) is 47.3 Å². The summed E-state index contributed by atoms with van der Waals surface area (Å²) in [6.07, 6.45) is 0.156. The summed E-state index contributed by atoms with van der Waals surface area (Å²) in [4.78, 5) is 43.3. The molecule has 0 saturated heterocycles. The maximum Gasteiger partial charge on any atom is 0.255 e. The van der Waals surface area contributed by atoms with Crippen LogP contribution in [0.5, 0.6) is 11.5 Å². The highest BCUT2D eigenvalue weighted by atomic mass is 16.5. The maximum absolute atomic E-state index is 14.0. The number of carbonyl (C=O) groups is 3. The SMILES string of the molecule is COc1c(CN(C)CC(C)(C)c2ccccc2)cc(O)c2c1C[C@H]1C[C@H]3[C@H](N(C)C)C(O)=C(C(N)=O)C(=O)[C@@]3(O)C(O)=C1C2=O. The lowest BCUT2D eigenvalue weighted by Gasteiger charge is -2.50. The van der Waals surface area contributed by atoms with Gasteiger partial charge in [0.05, 0.1) is 18.7 Å². The first-order valence-electron chi connectivity index (χ1n) is 14.9. The molecule has 0 spiro atoms. The molecule has 0 aliphatic heterocycles. The molecular weight excluding hydrogens is 578 g/mol. The van der Waals surface area contributed by atoms with Crippen molar-refractivity contribution >= 4 is 17.5 Å². The molecule has 2 aromatic rings. The number of benzene rings is 2. The van der Waals surface area contributed by atoms with Gasteiger partial charge in [0.15, 0.2) is 11.4 Å². The fourth-order valence-electron chi connectivity index (χ4n) is 7.74. The lowest BCUT2D eigenvalue weighted by Crippen LogP contribution is -2.63. The van der Waals surface area contributed by atoms with E-state index in [4.69, 9.17) is 10.5 Å². The number of carbonyl (C=O) groups excluding carboxylic acids is 3. The third kappa shape index (κ3) is 4.99. The highest BCUT2D eigenvalue weighted by Crippen LogP contribution is 2.53. The fraction of sp³-hybridized carbons (Fsp3) is 0.441. The Morgan fingerprint density at radius 1 is 1.11 bits per heavy atom. The molecule has 2 aromatic carbocycles. The van der Waals surface area contributed by atoms with Gasteiger partial charge in [0.1, 0.15) is 28.6 Å². The predicted octanol–water partition coefficient (Wildman–Crippen LogP) is 2.54. The number of phenolic OH excluding ortho intramolecular Hbond substituents is 1. The Labute approximate surface area is 262 Å². The predicted molar refractivity (Wildman–Crippen MR) is 166 cm³/mol. The van der Waals surface area contributed by atoms with Gasteiger partial charge in [-0.25, -0.2) is 0 Å². The molecule has 11 nitrogen and oxygen atoms in total. The lowest BCUT2D eigenvalue weighted by molar-refractivity contribution is -0.148. The van der Waals surface area contributed by atoms with Gasteiger partial charge in [-0.2, -0.15) is 0 Å². The summed E-state index contributed by atoms with van der Waals surface area (Å²) in [5.74, 6) is -6.45. The van der Waals surface area contributed by atoms with Crippen LogP contribution in [0, 0.1) is 11.8 Å². The van der Waals surface area contributed by atoms with Crippen LogP contribution in [-0.2, 0) is 28.0 Å². The minimum Gasteiger partial charge on any atom is -0.510 e. The van der Waals surface area contributed by atoms with Gasteiger partial charge in [0, 0.05) is 41.1 Å². The number of phenols is 1. The summed E-state index contributed by atoms with van der Waals surface area (Å²) >= 11 is 0. The number of aliphatic hydroxyl groups is 3. The largest absolute Gasteiger partial charge is 0.510 e. The second-order valence-electron chi connectivity index (χ2n) is 13.3. The monoisotopic (exact) mass is 619 g/mol. The first-order chi connectivity index (χ1) is 21.1. The summed E-state index contributed by atoms with van der Waals surface area (Å²) in [6.45, 7) is 5.39. The number of primary amides is 1. The number of ketones is 2. The minimum absolute atomic E-state index is 0.00503. The van der Waals surface area contributed by atoms with Crippen LogP contribution in [0.3, 0.4) is 0 Å². The molecular formula is C34H41N3O8. The zero-order chi connectivity index (χ0) is 33.2. The van der Waals surface area contributed by atoms with Crippen LogP contribution in [0.25, 0.3) is 0 Å². The molecule has 0 heterocycles. The number of aliphatic hydroxyl groups excluding tert-OH is 2. The van der Waals surface area contributed by atoms with E-state index in [0.29, 0.717) is 30.0 Å². The van der Waals surface area contributed by atoms with E-state index in [9.17, 15) is 34.8 Å². The number of fused-ring (bicyclic) bond motifs is 3. The summed E-state index contributed by atoms with van der Waals surface area (Å²) < 4.78 is 5.85. The molecule has 5 rings (SSSR count). The van der Waals surface area contributed by atoms with Crippen LogP contribution in [-0.4, -0.2) is 94.1 Å². The quantitative estimate of drug-likeness (QED) is 0.276. The van der Waals surface area contributed by atoms with Gasteiger partial charge in [-0.1, -0.05) is 44.2 Å². The second kappa shape index (κ2) is 11.3. The van der Waals surface area contributed by atoms with Crippen molar-refractivity contribution in [3.05, 3.63) is 81.3 Å². The Kier molecular flexibility index (Phi) is 8.10. The summed E-state index contributed by atoms with van der Waals surface area (Å²) in [5, 5.41) is 45.5. The first kappa shape index (κ1) is 32.2. The fourth-order valence-corrected chi connectivity index (χ4v) is 7.74. The number of likely N-dealkylation sites (N-methyl/N-ethyl adjacent to an activating group) is 2. The number of aromatic hydroxyl groups is 1. The molecule has 3 aliphatic carbocycles. The van der Waals surface area contributed by atoms with Gasteiger partial charge < -0.3 is 35.8 Å². The molecule has 11 heteroatoms. The van der Waals surface area contributed by atoms with Crippen molar-refractivity contribution in [1.82, 2.24) is 9.80 Å². The number of allylic oxidation sites excluding steroid dienone is 1. The molecule has 0 bridgehead atoms. The normalized spacial score (nSPS) is 25.0. The number of methoxy groups -OCH3 is 1. The number of hydrogen-bond donors (Lipinski definition) is 5. The molecule has 0 fully saturated rings. The van der Waals surface area contributed by atoms with Crippen molar-refractivity contribution in [2.45, 2.75) is 50.3 Å². The average molecular weight is 620 g/mol. The molecule has 240 valence electrons. The van der Waals surface area contributed by atoms with E-state index in [0.717, 1.165) is 0 Å². The zero-order valence-electron chi connectivity index (χ0n) is 26.4. The number of Topliss-reactive ketones (excluding diaryl/α,β-unsaturated/α-hetero) is 2. The molecule has 0 unspecified atom stereocenters. The smallest absolute Gasteiger partial charge is 0.255 e. The van der Waals surface area contributed by atoms with Crippen LogP contribution in [0.2, 0.25) is 0 Å². The van der Waals surface area contributed by atoms with Crippen molar-refractivity contribution < 1.29 is 39.5 Å². The Morgan fingerprint density at radius 3 is 2.33 bits per heavy atom. The molecule has 0 radical (unpaired) electrons. The number of amides is 1. The van der Waals surface area contributed by atoms with E-state index in [2.05, 4.69) is 30.9 Å². The number of nitrogens with zero attached hydrogens (tertiary/aromatic N) is 2. The Bertz CT molecular complexity index is 1640. The second-order valence-corrected chi connectivity index (χ2v) is 13.3. The third-order valence-corrected chi connectivity index (χ3v) is 9.61. The number of nitrogens with two attached hydrogens (primary N) is 1. The number of ether oxygens (including phenoxy) is 1. The molecule has 0 saturated carbocycles. The van der Waals surface area contributed by atoms with Gasteiger partial charge in [-0.05, 0) is 51.5 Å². The van der Waals surface area contributed by atoms with Gasteiger partial charge >= 0.3 is 0 Å². The van der Waals surface area contributed by atoms with Gasteiger partial charge in [0.2, 0.25) is 5.78 Å². The summed E-state index contributed by atoms with van der Waals surface area (Å²) in [7, 11) is 6.65. The minimum atomic E-state index is -2.68. The molecule has 45 heavy (non-hydrogen) atoms. The van der Waals surface area contributed by atoms with E-state index in [-0.39, 0.29) is 35.1 Å². The Balaban J connectivity index is 1.56. The average Bonchev–Trinajstić information content (AvgIpc) is 2.94. The van der Waals surface area contributed by atoms with Crippen LogP contribution in [0.4, 0.5) is 0 Å². The molecule has 6 N–H and O–H groups in total. The Hall–Kier alpha value is -4.19. The standard InChI is InChI=1S/C34H41N3O8/c1-33(2,19-10-8-7-9-11-19)16-37(5)15-18-14-22(38)24-20(29(18)45-6)12-17-13-21-26(36(3)4)28(40)25(32(35)43)31(42)34(21,44)30(41)23(17)27(24)39/h7-11,14,17,21,26,38,40-41,44H,12-13,15-16H2,1-6H3,(H2,35,43)/t17-,21-,26-,34-/m0/s1. The van der Waals surface area contributed by atoms with E-state index in [1.54, 1.807) is 14.1 Å². The molecule has 0 aromatic heterocycles. The number of hydrogen-bond acceptors (Lipinski definition) is 10. The topological polar surface area (TPSA) is 174 Å². The highest BCUT2D eigenvalue weighted by Gasteiger charge is 2.63. The van der Waals surface area contributed by atoms with Crippen molar-refractivity contribution in [2.75, 3.05) is 34.8 Å². The van der Waals surface area contributed by atoms with E-state index >= 15 is 0 Å². The molecule has 4 atom stereocenters. The van der Waals surface area contributed by atoms with E-state index in [1.807, 2.05) is 25.2 Å². The summed E-state index contributed by atoms with van der Waals surface area (Å²) in [6, 6.07) is 10.6. The van der Waals surface area contributed by atoms with E-state index in [1.165, 1.54) is 23.6 Å². The third-order valence-electron chi connectivity index (χ3n) is 9.61. The van der Waals surface area contributed by atoms with Gasteiger partial charge in [-0.15, -0.1) is 0 Å². The van der Waals surface area contributed by atoms with Crippen LogP contribution < -0.4 is 10.5 Å².